The SMILES string of the molecule is Cl.Cl.O=C(c1ccncc1)N1CC[C@@H]2CNC[C@@H]2CC1. The number of halogens is 2. The van der Waals surface area contributed by atoms with Crippen LogP contribution in [0.25, 0.3) is 0 Å². The van der Waals surface area contributed by atoms with Gasteiger partial charge in [0.2, 0.25) is 0 Å². The Bertz CT molecular complexity index is 416. The third-order valence-corrected chi connectivity index (χ3v) is 4.23. The van der Waals surface area contributed by atoms with E-state index in [1.807, 2.05) is 4.90 Å². The number of nitrogens with one attached hydrogen (secondary N) is 1. The molecule has 0 aliphatic carbocycles. The average molecular weight is 318 g/mol. The smallest absolute Gasteiger partial charge is 0.253 e. The van der Waals surface area contributed by atoms with Gasteiger partial charge in [-0.3, -0.25) is 9.78 Å². The minimum Gasteiger partial charge on any atom is -0.339 e. The largest absolute Gasteiger partial charge is 0.339 e. The molecule has 2 atom stereocenters. The van der Waals surface area contributed by atoms with Crippen molar-refractivity contribution in [1.82, 2.24) is 15.2 Å². The molecule has 1 N–H and O–H groups in total. The molecule has 0 radical (unpaired) electrons. The summed E-state index contributed by atoms with van der Waals surface area (Å²) in [6, 6.07) is 3.60. The number of carbonyl (C=O) groups excluding carboxylic acids is 1. The van der Waals surface area contributed by atoms with Gasteiger partial charge in [0.05, 0.1) is 0 Å². The first-order valence-electron chi connectivity index (χ1n) is 6.74. The normalized spacial score (nSPS) is 24.9. The molecule has 2 fully saturated rings. The predicted molar refractivity (Wildman–Crippen MR) is 83.7 cm³/mol. The molecule has 0 aromatic carbocycles. The molecule has 0 bridgehead atoms. The molecule has 4 nitrogen and oxygen atoms in total. The van der Waals surface area contributed by atoms with E-state index in [4.69, 9.17) is 0 Å². The number of carbonyl (C=O) groups is 1. The Morgan fingerprint density at radius 3 is 2.20 bits per heavy atom. The van der Waals surface area contributed by atoms with Crippen molar-refractivity contribution < 1.29 is 4.79 Å². The molecule has 0 saturated carbocycles. The van der Waals surface area contributed by atoms with Crippen LogP contribution in [0.5, 0.6) is 0 Å². The first-order chi connectivity index (χ1) is 8.84. The maximum absolute atomic E-state index is 12.4. The number of pyridine rings is 1. The first kappa shape index (κ1) is 17.2. The molecule has 6 heteroatoms. The monoisotopic (exact) mass is 317 g/mol. The second-order valence-corrected chi connectivity index (χ2v) is 5.28. The zero-order valence-corrected chi connectivity index (χ0v) is 13.0. The highest BCUT2D eigenvalue weighted by Gasteiger charge is 2.31. The number of amides is 1. The van der Waals surface area contributed by atoms with Crippen molar-refractivity contribution >= 4 is 30.7 Å². The molecule has 3 heterocycles. The van der Waals surface area contributed by atoms with Gasteiger partial charge in [-0.25, -0.2) is 0 Å². The summed E-state index contributed by atoms with van der Waals surface area (Å²) in [4.78, 5) is 18.3. The summed E-state index contributed by atoms with van der Waals surface area (Å²) in [7, 11) is 0. The Hall–Kier alpha value is -0.840. The van der Waals surface area contributed by atoms with E-state index in [1.165, 1.54) is 0 Å². The van der Waals surface area contributed by atoms with Crippen molar-refractivity contribution in [2.45, 2.75) is 12.8 Å². The Labute approximate surface area is 132 Å². The first-order valence-corrected chi connectivity index (χ1v) is 6.74. The molecule has 112 valence electrons. The van der Waals surface area contributed by atoms with Gasteiger partial charge in [0, 0.05) is 31.0 Å². The van der Waals surface area contributed by atoms with Gasteiger partial charge in [0.25, 0.3) is 5.91 Å². The van der Waals surface area contributed by atoms with E-state index in [0.717, 1.165) is 56.4 Å². The van der Waals surface area contributed by atoms with Crippen molar-refractivity contribution in [1.29, 1.82) is 0 Å². The summed E-state index contributed by atoms with van der Waals surface area (Å²) in [6.45, 7) is 4.04. The topological polar surface area (TPSA) is 45.2 Å². The van der Waals surface area contributed by atoms with Crippen molar-refractivity contribution in [2.75, 3.05) is 26.2 Å². The lowest BCUT2D eigenvalue weighted by molar-refractivity contribution is 0.0758. The zero-order valence-electron chi connectivity index (χ0n) is 11.3. The Morgan fingerprint density at radius 2 is 1.65 bits per heavy atom. The Balaban J connectivity index is 0.000001000. The zero-order chi connectivity index (χ0) is 12.4. The number of nitrogens with zero attached hydrogens (tertiary/aromatic N) is 2. The lowest BCUT2D eigenvalue weighted by Gasteiger charge is -2.20. The number of hydrogen-bond acceptors (Lipinski definition) is 3. The molecule has 0 unspecified atom stereocenters. The number of hydrogen-bond donors (Lipinski definition) is 1. The van der Waals surface area contributed by atoms with Crippen molar-refractivity contribution in [3.63, 3.8) is 0 Å². The summed E-state index contributed by atoms with van der Waals surface area (Å²) in [5, 5.41) is 3.46. The van der Waals surface area contributed by atoms with Crippen LogP contribution >= 0.6 is 24.8 Å². The summed E-state index contributed by atoms with van der Waals surface area (Å²) in [5.74, 6) is 1.69. The third kappa shape index (κ3) is 3.62. The molecule has 2 aliphatic rings. The van der Waals surface area contributed by atoms with Gasteiger partial charge < -0.3 is 10.2 Å². The average Bonchev–Trinajstić information content (AvgIpc) is 2.78. The number of likely N-dealkylation sites (tertiary alicyclic amines) is 1. The molecule has 2 aliphatic heterocycles. The quantitative estimate of drug-likeness (QED) is 0.861. The van der Waals surface area contributed by atoms with Crippen LogP contribution in [0.1, 0.15) is 23.2 Å². The van der Waals surface area contributed by atoms with Gasteiger partial charge in [-0.2, -0.15) is 0 Å². The summed E-state index contributed by atoms with van der Waals surface area (Å²) in [5.41, 5.74) is 0.759. The van der Waals surface area contributed by atoms with E-state index in [2.05, 4.69) is 10.3 Å². The predicted octanol–water partition coefficient (Wildman–Crippen LogP) is 2.00. The highest BCUT2D eigenvalue weighted by Crippen LogP contribution is 2.27. The van der Waals surface area contributed by atoms with Crippen molar-refractivity contribution in [3.05, 3.63) is 30.1 Å². The standard InChI is InChI=1S/C14H19N3O.2ClH/c18-14(11-1-5-15-6-2-11)17-7-3-12-9-16-10-13(12)4-8-17;;/h1-2,5-6,12-13,16H,3-4,7-10H2;2*1H/t12-,13+;;. The van der Waals surface area contributed by atoms with Crippen molar-refractivity contribution in [2.24, 2.45) is 11.8 Å². The fraction of sp³-hybridized carbons (Fsp3) is 0.571. The van der Waals surface area contributed by atoms with Crippen LogP contribution in [-0.4, -0.2) is 42.0 Å². The molecular formula is C14H21Cl2N3O. The van der Waals surface area contributed by atoms with E-state index in [1.54, 1.807) is 24.5 Å². The maximum atomic E-state index is 12.4. The summed E-state index contributed by atoms with van der Waals surface area (Å²) < 4.78 is 0. The molecule has 3 rings (SSSR count). The highest BCUT2D eigenvalue weighted by molar-refractivity contribution is 5.94. The molecule has 1 aromatic heterocycles. The lowest BCUT2D eigenvalue weighted by Crippen LogP contribution is -2.32. The van der Waals surface area contributed by atoms with Crippen LogP contribution in [-0.2, 0) is 0 Å². The van der Waals surface area contributed by atoms with Crippen LogP contribution in [0.4, 0.5) is 0 Å². The van der Waals surface area contributed by atoms with Crippen LogP contribution in [0.3, 0.4) is 0 Å². The number of rotatable bonds is 1. The van der Waals surface area contributed by atoms with Gasteiger partial charge in [-0.15, -0.1) is 24.8 Å². The van der Waals surface area contributed by atoms with E-state index in [0.29, 0.717) is 0 Å². The fourth-order valence-electron chi connectivity index (χ4n) is 3.10. The highest BCUT2D eigenvalue weighted by atomic mass is 35.5. The van der Waals surface area contributed by atoms with E-state index in [9.17, 15) is 4.79 Å². The fourth-order valence-corrected chi connectivity index (χ4v) is 3.10. The molecule has 2 saturated heterocycles. The van der Waals surface area contributed by atoms with E-state index in [-0.39, 0.29) is 30.7 Å². The molecule has 1 aromatic rings. The third-order valence-electron chi connectivity index (χ3n) is 4.23. The second kappa shape index (κ2) is 7.81. The van der Waals surface area contributed by atoms with Crippen LogP contribution < -0.4 is 5.32 Å². The number of aromatic nitrogens is 1. The van der Waals surface area contributed by atoms with Crippen LogP contribution in [0.2, 0.25) is 0 Å². The van der Waals surface area contributed by atoms with Gasteiger partial charge in [0.15, 0.2) is 0 Å². The van der Waals surface area contributed by atoms with Gasteiger partial charge in [0.1, 0.15) is 0 Å². The van der Waals surface area contributed by atoms with Crippen LogP contribution in [0.15, 0.2) is 24.5 Å². The minimum atomic E-state index is 0. The van der Waals surface area contributed by atoms with Gasteiger partial charge in [-0.1, -0.05) is 0 Å². The maximum Gasteiger partial charge on any atom is 0.253 e. The van der Waals surface area contributed by atoms with E-state index < -0.39 is 0 Å². The summed E-state index contributed by atoms with van der Waals surface area (Å²) in [6.07, 6.45) is 5.64. The lowest BCUT2D eigenvalue weighted by atomic mass is 9.92. The minimum absolute atomic E-state index is 0. The van der Waals surface area contributed by atoms with E-state index >= 15 is 0 Å². The van der Waals surface area contributed by atoms with Gasteiger partial charge in [-0.05, 0) is 49.9 Å². The molecule has 20 heavy (non-hydrogen) atoms. The van der Waals surface area contributed by atoms with Crippen molar-refractivity contribution in [3.8, 4) is 0 Å². The Morgan fingerprint density at radius 1 is 1.10 bits per heavy atom. The summed E-state index contributed by atoms with van der Waals surface area (Å²) >= 11 is 0. The van der Waals surface area contributed by atoms with Gasteiger partial charge >= 0.3 is 0 Å². The molecule has 0 spiro atoms. The number of fused-ring (bicyclic) bond motifs is 1. The Kier molecular flexibility index (Phi) is 6.72. The molecular weight excluding hydrogens is 297 g/mol. The molecule has 1 amide bonds. The van der Waals surface area contributed by atoms with Crippen LogP contribution in [0, 0.1) is 11.8 Å². The second-order valence-electron chi connectivity index (χ2n) is 5.28.